The van der Waals surface area contributed by atoms with Crippen LogP contribution in [0.4, 0.5) is 5.69 Å². The minimum Gasteiger partial charge on any atom is -0.394 e. The van der Waals surface area contributed by atoms with Crippen LogP contribution in [0, 0.1) is 0 Å². The molecule has 20 heavy (non-hydrogen) atoms. The van der Waals surface area contributed by atoms with Gasteiger partial charge in [0.15, 0.2) is 0 Å². The molecule has 0 saturated carbocycles. The molecule has 0 saturated heterocycles. The number of benzene rings is 1. The Labute approximate surface area is 116 Å². The molecular formula is C14H15N5O. The number of anilines is 1. The summed E-state index contributed by atoms with van der Waals surface area (Å²) in [7, 11) is 0. The van der Waals surface area contributed by atoms with Crippen molar-refractivity contribution in [3.05, 3.63) is 48.4 Å². The van der Waals surface area contributed by atoms with Gasteiger partial charge in [0.05, 0.1) is 43.3 Å². The molecule has 1 aromatic carbocycles. The summed E-state index contributed by atoms with van der Waals surface area (Å²) in [4.78, 5) is 4.39. The molecule has 2 heterocycles. The molecule has 0 spiro atoms. The van der Waals surface area contributed by atoms with Crippen LogP contribution < -0.4 is 5.32 Å². The molecule has 2 N–H and O–H groups in total. The lowest BCUT2D eigenvalue weighted by Gasteiger charge is -2.05. The number of para-hydroxylation sites is 1. The van der Waals surface area contributed by atoms with Crippen molar-refractivity contribution in [1.82, 2.24) is 20.0 Å². The number of aliphatic hydroxyl groups excluding tert-OH is 1. The number of hydrogen-bond acceptors (Lipinski definition) is 5. The van der Waals surface area contributed by atoms with Crippen molar-refractivity contribution < 1.29 is 5.11 Å². The van der Waals surface area contributed by atoms with E-state index in [1.54, 1.807) is 10.9 Å². The first-order valence-electron chi connectivity index (χ1n) is 6.44. The second-order valence-corrected chi connectivity index (χ2v) is 4.47. The number of nitrogens with zero attached hydrogens (tertiary/aromatic N) is 4. The first-order valence-corrected chi connectivity index (χ1v) is 6.44. The van der Waals surface area contributed by atoms with Crippen LogP contribution in [0.3, 0.4) is 0 Å². The van der Waals surface area contributed by atoms with E-state index in [2.05, 4.69) is 26.7 Å². The van der Waals surface area contributed by atoms with Crippen molar-refractivity contribution >= 4 is 16.6 Å². The van der Waals surface area contributed by atoms with Crippen molar-refractivity contribution in [2.45, 2.75) is 13.1 Å². The molecule has 0 amide bonds. The molecule has 2 aromatic heterocycles. The quantitative estimate of drug-likeness (QED) is 0.733. The summed E-state index contributed by atoms with van der Waals surface area (Å²) in [6.45, 7) is 1.10. The lowest BCUT2D eigenvalue weighted by atomic mass is 10.2. The summed E-state index contributed by atoms with van der Waals surface area (Å²) in [5.41, 5.74) is 2.75. The highest BCUT2D eigenvalue weighted by Crippen LogP contribution is 2.16. The first-order chi connectivity index (χ1) is 9.85. The van der Waals surface area contributed by atoms with Crippen LogP contribution >= 0.6 is 0 Å². The van der Waals surface area contributed by atoms with Crippen LogP contribution in [-0.4, -0.2) is 31.7 Å². The van der Waals surface area contributed by atoms with E-state index < -0.39 is 0 Å². The van der Waals surface area contributed by atoms with Gasteiger partial charge >= 0.3 is 0 Å². The van der Waals surface area contributed by atoms with Gasteiger partial charge in [-0.15, -0.1) is 5.10 Å². The zero-order valence-corrected chi connectivity index (χ0v) is 10.9. The number of hydrogen-bond donors (Lipinski definition) is 2. The summed E-state index contributed by atoms with van der Waals surface area (Å²) >= 11 is 0. The van der Waals surface area contributed by atoms with E-state index in [4.69, 9.17) is 5.11 Å². The van der Waals surface area contributed by atoms with E-state index >= 15 is 0 Å². The molecule has 6 heteroatoms. The Morgan fingerprint density at radius 3 is 3.05 bits per heavy atom. The molecule has 3 rings (SSSR count). The molecule has 0 fully saturated rings. The van der Waals surface area contributed by atoms with E-state index in [1.807, 2.05) is 30.5 Å². The number of aliphatic hydroxyl groups is 1. The average molecular weight is 269 g/mol. The van der Waals surface area contributed by atoms with E-state index in [0.29, 0.717) is 13.1 Å². The Bertz CT molecular complexity index is 709. The Hall–Kier alpha value is -2.47. The Morgan fingerprint density at radius 1 is 1.25 bits per heavy atom. The number of nitrogens with one attached hydrogen (secondary N) is 1. The van der Waals surface area contributed by atoms with Crippen LogP contribution in [-0.2, 0) is 13.1 Å². The lowest BCUT2D eigenvalue weighted by molar-refractivity contribution is 0.268. The predicted molar refractivity (Wildman–Crippen MR) is 76.2 cm³/mol. The Morgan fingerprint density at radius 2 is 2.15 bits per heavy atom. The number of fused-ring (bicyclic) bond motifs is 1. The second-order valence-electron chi connectivity index (χ2n) is 4.47. The fraction of sp³-hybridized carbons (Fsp3) is 0.214. The Balaban J connectivity index is 1.69. The molecule has 6 nitrogen and oxygen atoms in total. The van der Waals surface area contributed by atoms with Gasteiger partial charge in [-0.1, -0.05) is 23.4 Å². The summed E-state index contributed by atoms with van der Waals surface area (Å²) in [6, 6.07) is 10.0. The fourth-order valence-corrected chi connectivity index (χ4v) is 1.99. The molecule has 0 bridgehead atoms. The van der Waals surface area contributed by atoms with Gasteiger partial charge in [-0.2, -0.15) is 0 Å². The molecule has 0 radical (unpaired) electrons. The SMILES string of the molecule is OCCn1cc(CNc2cnc3ccccc3c2)nn1. The molecule has 102 valence electrons. The van der Waals surface area contributed by atoms with Crippen molar-refractivity contribution in [3.63, 3.8) is 0 Å². The van der Waals surface area contributed by atoms with Gasteiger partial charge in [0.1, 0.15) is 5.69 Å². The number of aromatic nitrogens is 4. The summed E-state index contributed by atoms with van der Waals surface area (Å²) < 4.78 is 1.62. The number of pyridine rings is 1. The summed E-state index contributed by atoms with van der Waals surface area (Å²) in [5.74, 6) is 0. The van der Waals surface area contributed by atoms with Gasteiger partial charge in [-0.25, -0.2) is 4.68 Å². The van der Waals surface area contributed by atoms with Gasteiger partial charge in [0.25, 0.3) is 0 Å². The predicted octanol–water partition coefficient (Wildman–Crippen LogP) is 1.43. The van der Waals surface area contributed by atoms with Crippen molar-refractivity contribution in [3.8, 4) is 0 Å². The third-order valence-electron chi connectivity index (χ3n) is 2.98. The van der Waals surface area contributed by atoms with E-state index in [9.17, 15) is 0 Å². The first kappa shape index (κ1) is 12.6. The molecule has 0 unspecified atom stereocenters. The van der Waals surface area contributed by atoms with E-state index in [1.165, 1.54) is 0 Å². The summed E-state index contributed by atoms with van der Waals surface area (Å²) in [5, 5.41) is 21.1. The smallest absolute Gasteiger partial charge is 0.102 e. The summed E-state index contributed by atoms with van der Waals surface area (Å²) in [6.07, 6.45) is 3.62. The average Bonchev–Trinajstić information content (AvgIpc) is 2.93. The van der Waals surface area contributed by atoms with Crippen molar-refractivity contribution in [2.75, 3.05) is 11.9 Å². The normalized spacial score (nSPS) is 10.8. The van der Waals surface area contributed by atoms with Crippen molar-refractivity contribution in [1.29, 1.82) is 0 Å². The van der Waals surface area contributed by atoms with Crippen LogP contribution in [0.5, 0.6) is 0 Å². The number of rotatable bonds is 5. The van der Waals surface area contributed by atoms with Gasteiger partial charge in [-0.3, -0.25) is 4.98 Å². The highest BCUT2D eigenvalue weighted by Gasteiger charge is 2.01. The van der Waals surface area contributed by atoms with Crippen LogP contribution in [0.1, 0.15) is 5.69 Å². The van der Waals surface area contributed by atoms with Crippen LogP contribution in [0.15, 0.2) is 42.7 Å². The zero-order valence-electron chi connectivity index (χ0n) is 10.9. The standard InChI is InChI=1S/C14H15N5O/c20-6-5-19-10-13(17-18-19)9-15-12-7-11-3-1-2-4-14(11)16-8-12/h1-4,7-8,10,15,20H,5-6,9H2. The maximum atomic E-state index is 8.82. The lowest BCUT2D eigenvalue weighted by Crippen LogP contribution is -2.02. The highest BCUT2D eigenvalue weighted by atomic mass is 16.3. The molecule has 0 aliphatic carbocycles. The minimum absolute atomic E-state index is 0.0603. The Kier molecular flexibility index (Phi) is 3.56. The monoisotopic (exact) mass is 269 g/mol. The highest BCUT2D eigenvalue weighted by molar-refractivity contribution is 5.81. The fourth-order valence-electron chi connectivity index (χ4n) is 1.99. The topological polar surface area (TPSA) is 75.9 Å². The van der Waals surface area contributed by atoms with Gasteiger partial charge in [-0.05, 0) is 12.1 Å². The molecule has 0 atom stereocenters. The third-order valence-corrected chi connectivity index (χ3v) is 2.98. The van der Waals surface area contributed by atoms with Gasteiger partial charge < -0.3 is 10.4 Å². The van der Waals surface area contributed by atoms with Gasteiger partial charge in [0, 0.05) is 5.39 Å². The van der Waals surface area contributed by atoms with E-state index in [0.717, 1.165) is 22.3 Å². The minimum atomic E-state index is 0.0603. The van der Waals surface area contributed by atoms with Crippen LogP contribution in [0.2, 0.25) is 0 Å². The maximum Gasteiger partial charge on any atom is 0.102 e. The second kappa shape index (κ2) is 5.66. The zero-order chi connectivity index (χ0) is 13.8. The molecule has 0 aliphatic heterocycles. The molecule has 3 aromatic rings. The molecule has 0 aliphatic rings. The molecular weight excluding hydrogens is 254 g/mol. The third kappa shape index (κ3) is 2.75. The largest absolute Gasteiger partial charge is 0.394 e. The van der Waals surface area contributed by atoms with Gasteiger partial charge in [0.2, 0.25) is 0 Å². The van der Waals surface area contributed by atoms with Crippen LogP contribution in [0.25, 0.3) is 10.9 Å². The van der Waals surface area contributed by atoms with E-state index in [-0.39, 0.29) is 6.61 Å². The van der Waals surface area contributed by atoms with Crippen molar-refractivity contribution in [2.24, 2.45) is 0 Å². The maximum absolute atomic E-state index is 8.82.